The molecule has 26 heavy (non-hydrogen) atoms. The first-order chi connectivity index (χ1) is 12.3. The normalized spacial score (nSPS) is 11.3. The van der Waals surface area contributed by atoms with Crippen molar-refractivity contribution in [1.82, 2.24) is 0 Å². The van der Waals surface area contributed by atoms with Gasteiger partial charge in [-0.05, 0) is 36.1 Å². The van der Waals surface area contributed by atoms with Crippen LogP contribution in [0.2, 0.25) is 0 Å². The van der Waals surface area contributed by atoms with Crippen LogP contribution in [0, 0.1) is 6.92 Å². The van der Waals surface area contributed by atoms with Crippen LogP contribution in [0.15, 0.2) is 60.7 Å². The Morgan fingerprint density at radius 3 is 2.35 bits per heavy atom. The van der Waals surface area contributed by atoms with Crippen LogP contribution in [0.5, 0.6) is 0 Å². The molecule has 0 aliphatic carbocycles. The first-order valence-corrected chi connectivity index (χ1v) is 9.96. The maximum atomic E-state index is 12.8. The molecule has 1 amide bonds. The Bertz CT molecular complexity index is 1090. The van der Waals surface area contributed by atoms with Crippen LogP contribution in [-0.2, 0) is 10.0 Å². The van der Waals surface area contributed by atoms with E-state index in [9.17, 15) is 13.2 Å². The number of hydrogen-bond acceptors (Lipinski definition) is 3. The van der Waals surface area contributed by atoms with Gasteiger partial charge in [0.15, 0.2) is 0 Å². The summed E-state index contributed by atoms with van der Waals surface area (Å²) in [5.41, 5.74) is 2.25. The van der Waals surface area contributed by atoms with Gasteiger partial charge in [-0.3, -0.25) is 9.10 Å². The van der Waals surface area contributed by atoms with Crippen molar-refractivity contribution >= 4 is 38.1 Å². The van der Waals surface area contributed by atoms with Gasteiger partial charge in [-0.25, -0.2) is 8.42 Å². The smallest absolute Gasteiger partial charge is 0.256 e. The summed E-state index contributed by atoms with van der Waals surface area (Å²) in [5.74, 6) is -0.275. The molecule has 6 heteroatoms. The second kappa shape index (κ2) is 6.80. The predicted molar refractivity (Wildman–Crippen MR) is 106 cm³/mol. The number of amides is 1. The number of sulfonamides is 1. The molecule has 0 aliphatic rings. The Morgan fingerprint density at radius 2 is 1.62 bits per heavy atom. The summed E-state index contributed by atoms with van der Waals surface area (Å²) >= 11 is 0. The van der Waals surface area contributed by atoms with E-state index < -0.39 is 10.0 Å². The number of rotatable bonds is 4. The van der Waals surface area contributed by atoms with E-state index in [-0.39, 0.29) is 5.91 Å². The van der Waals surface area contributed by atoms with E-state index >= 15 is 0 Å². The number of carbonyl (C=O) groups excluding carboxylic acids is 1. The lowest BCUT2D eigenvalue weighted by molar-refractivity contribution is 0.102. The van der Waals surface area contributed by atoms with Gasteiger partial charge in [0, 0.05) is 23.7 Å². The third kappa shape index (κ3) is 3.41. The molecule has 134 valence electrons. The standard InChI is InChI=1S/C20H20N2O3S/c1-14-16(11-7-13-19(14)22(2)26(3,24)25)20(23)21-18-12-6-9-15-8-4-5-10-17(15)18/h4-13H,1-3H3,(H,21,23). The molecule has 0 unspecified atom stereocenters. The summed E-state index contributed by atoms with van der Waals surface area (Å²) in [6, 6.07) is 18.6. The second-order valence-corrected chi connectivity index (χ2v) is 8.17. The largest absolute Gasteiger partial charge is 0.321 e. The maximum absolute atomic E-state index is 12.8. The highest BCUT2D eigenvalue weighted by molar-refractivity contribution is 7.92. The quantitative estimate of drug-likeness (QED) is 0.762. The average Bonchev–Trinajstić information content (AvgIpc) is 2.61. The molecule has 0 aliphatic heterocycles. The molecule has 0 atom stereocenters. The molecule has 0 saturated carbocycles. The zero-order chi connectivity index (χ0) is 18.9. The van der Waals surface area contributed by atoms with Crippen molar-refractivity contribution in [3.05, 3.63) is 71.8 Å². The molecule has 3 aromatic rings. The lowest BCUT2D eigenvalue weighted by atomic mass is 10.0. The van der Waals surface area contributed by atoms with E-state index in [2.05, 4.69) is 5.32 Å². The SMILES string of the molecule is Cc1c(C(=O)Nc2cccc3ccccc23)cccc1N(C)S(C)(=O)=O. The fourth-order valence-electron chi connectivity index (χ4n) is 2.91. The number of nitrogens with one attached hydrogen (secondary N) is 1. The summed E-state index contributed by atoms with van der Waals surface area (Å²) in [4.78, 5) is 12.8. The fourth-order valence-corrected chi connectivity index (χ4v) is 3.47. The second-order valence-electron chi connectivity index (χ2n) is 6.16. The summed E-state index contributed by atoms with van der Waals surface area (Å²) in [7, 11) is -1.93. The molecule has 0 heterocycles. The average molecular weight is 368 g/mol. The Morgan fingerprint density at radius 1 is 0.962 bits per heavy atom. The predicted octanol–water partition coefficient (Wildman–Crippen LogP) is 3.80. The van der Waals surface area contributed by atoms with Crippen molar-refractivity contribution in [1.29, 1.82) is 0 Å². The van der Waals surface area contributed by atoms with Crippen LogP contribution < -0.4 is 9.62 Å². The van der Waals surface area contributed by atoms with Gasteiger partial charge in [0.1, 0.15) is 0 Å². The monoisotopic (exact) mass is 368 g/mol. The topological polar surface area (TPSA) is 66.5 Å². The van der Waals surface area contributed by atoms with Crippen LogP contribution in [0.4, 0.5) is 11.4 Å². The highest BCUT2D eigenvalue weighted by Crippen LogP contribution is 2.27. The van der Waals surface area contributed by atoms with Gasteiger partial charge in [-0.15, -0.1) is 0 Å². The summed E-state index contributed by atoms with van der Waals surface area (Å²) in [5, 5.41) is 4.92. The van der Waals surface area contributed by atoms with Gasteiger partial charge in [0.25, 0.3) is 5.91 Å². The van der Waals surface area contributed by atoms with Crippen molar-refractivity contribution in [2.24, 2.45) is 0 Å². The van der Waals surface area contributed by atoms with Crippen molar-refractivity contribution in [2.75, 3.05) is 22.9 Å². The van der Waals surface area contributed by atoms with Crippen LogP contribution >= 0.6 is 0 Å². The van der Waals surface area contributed by atoms with Crippen LogP contribution in [0.1, 0.15) is 15.9 Å². The number of anilines is 2. The van der Waals surface area contributed by atoms with Crippen molar-refractivity contribution in [3.8, 4) is 0 Å². The number of benzene rings is 3. The number of nitrogens with zero attached hydrogens (tertiary/aromatic N) is 1. The summed E-state index contributed by atoms with van der Waals surface area (Å²) in [6.45, 7) is 1.75. The zero-order valence-corrected chi connectivity index (χ0v) is 15.7. The molecule has 0 fully saturated rings. The molecule has 0 saturated heterocycles. The lowest BCUT2D eigenvalue weighted by Gasteiger charge is -2.20. The third-order valence-electron chi connectivity index (χ3n) is 4.42. The molecule has 3 rings (SSSR count). The Hall–Kier alpha value is -2.86. The Kier molecular flexibility index (Phi) is 4.70. The molecule has 3 aromatic carbocycles. The van der Waals surface area contributed by atoms with Crippen molar-refractivity contribution < 1.29 is 13.2 Å². The van der Waals surface area contributed by atoms with Gasteiger partial charge >= 0.3 is 0 Å². The van der Waals surface area contributed by atoms with E-state index in [0.717, 1.165) is 22.7 Å². The minimum Gasteiger partial charge on any atom is -0.321 e. The summed E-state index contributed by atoms with van der Waals surface area (Å²) in [6.07, 6.45) is 1.13. The lowest BCUT2D eigenvalue weighted by Crippen LogP contribution is -2.26. The van der Waals surface area contributed by atoms with Gasteiger partial charge in [-0.1, -0.05) is 42.5 Å². The maximum Gasteiger partial charge on any atom is 0.256 e. The molecule has 0 spiro atoms. The van der Waals surface area contributed by atoms with E-state index in [4.69, 9.17) is 0 Å². The minimum absolute atomic E-state index is 0.275. The van der Waals surface area contributed by atoms with Crippen LogP contribution in [-0.4, -0.2) is 27.6 Å². The van der Waals surface area contributed by atoms with E-state index in [0.29, 0.717) is 16.8 Å². The fraction of sp³-hybridized carbons (Fsp3) is 0.150. The zero-order valence-electron chi connectivity index (χ0n) is 14.9. The highest BCUT2D eigenvalue weighted by Gasteiger charge is 2.19. The molecule has 0 bridgehead atoms. The van der Waals surface area contributed by atoms with E-state index in [1.54, 1.807) is 25.1 Å². The van der Waals surface area contributed by atoms with E-state index in [1.807, 2.05) is 42.5 Å². The molecular formula is C20H20N2O3S. The number of fused-ring (bicyclic) bond motifs is 1. The van der Waals surface area contributed by atoms with Crippen LogP contribution in [0.3, 0.4) is 0 Å². The molecule has 0 radical (unpaired) electrons. The first kappa shape index (κ1) is 17.9. The van der Waals surface area contributed by atoms with Gasteiger partial charge in [0.2, 0.25) is 10.0 Å². The van der Waals surface area contributed by atoms with Crippen molar-refractivity contribution in [2.45, 2.75) is 6.92 Å². The van der Waals surface area contributed by atoms with Gasteiger partial charge in [-0.2, -0.15) is 0 Å². The molecule has 0 aromatic heterocycles. The van der Waals surface area contributed by atoms with Gasteiger partial charge < -0.3 is 5.32 Å². The first-order valence-electron chi connectivity index (χ1n) is 8.11. The molecule has 5 nitrogen and oxygen atoms in total. The van der Waals surface area contributed by atoms with Crippen LogP contribution in [0.25, 0.3) is 10.8 Å². The summed E-state index contributed by atoms with van der Waals surface area (Å²) < 4.78 is 24.8. The minimum atomic E-state index is -3.41. The van der Waals surface area contributed by atoms with Crippen molar-refractivity contribution in [3.63, 3.8) is 0 Å². The van der Waals surface area contributed by atoms with Gasteiger partial charge in [0.05, 0.1) is 11.9 Å². The number of carbonyl (C=O) groups is 1. The third-order valence-corrected chi connectivity index (χ3v) is 5.62. The molecule has 1 N–H and O–H groups in total. The van der Waals surface area contributed by atoms with E-state index in [1.165, 1.54) is 11.4 Å². The highest BCUT2D eigenvalue weighted by atomic mass is 32.2. The molecular weight excluding hydrogens is 348 g/mol. The number of hydrogen-bond donors (Lipinski definition) is 1. The Labute approximate surface area is 153 Å². The Balaban J connectivity index is 1.98.